The molecule has 5 atom stereocenters. The third-order valence-corrected chi connectivity index (χ3v) is 9.24. The highest BCUT2D eigenvalue weighted by Crippen LogP contribution is 2.55. The lowest BCUT2D eigenvalue weighted by atomic mass is 9.74. The minimum atomic E-state index is -1.21. The number of rotatable bonds is 6. The van der Waals surface area contributed by atoms with Gasteiger partial charge in [0.2, 0.25) is 17.7 Å². The van der Waals surface area contributed by atoms with Crippen molar-refractivity contribution >= 4 is 46.6 Å². The summed E-state index contributed by atoms with van der Waals surface area (Å²) in [6.07, 6.45) is 8.21. The number of likely N-dealkylation sites (tertiary alicyclic amines) is 1. The first-order valence-electron chi connectivity index (χ1n) is 13.6. The summed E-state index contributed by atoms with van der Waals surface area (Å²) in [4.78, 5) is 43.3. The molecule has 0 radical (unpaired) electrons. The Morgan fingerprint density at radius 3 is 2.51 bits per heavy atom. The zero-order chi connectivity index (χ0) is 27.3. The van der Waals surface area contributed by atoms with Crippen LogP contribution in [0, 0.1) is 18.8 Å². The molecular weight excluding hydrogens is 537 g/mol. The molecule has 2 aromatic rings. The van der Waals surface area contributed by atoms with E-state index in [0.29, 0.717) is 15.7 Å². The van der Waals surface area contributed by atoms with E-state index in [1.165, 1.54) is 6.42 Å². The van der Waals surface area contributed by atoms with Crippen molar-refractivity contribution in [3.8, 4) is 0 Å². The van der Waals surface area contributed by atoms with Crippen LogP contribution in [0.15, 0.2) is 54.6 Å². The largest absolute Gasteiger partial charge is 0.359 e. The van der Waals surface area contributed by atoms with Gasteiger partial charge in [-0.2, -0.15) is 0 Å². The first-order valence-corrected chi connectivity index (χ1v) is 14.3. The Hall–Kier alpha value is -2.87. The van der Waals surface area contributed by atoms with Gasteiger partial charge in [0.05, 0.1) is 17.9 Å². The van der Waals surface area contributed by atoms with Crippen molar-refractivity contribution in [2.45, 2.75) is 69.4 Å². The summed E-state index contributed by atoms with van der Waals surface area (Å²) in [6, 6.07) is 11.7. The monoisotopic (exact) mass is 567 g/mol. The van der Waals surface area contributed by atoms with E-state index < -0.39 is 29.6 Å². The SMILES string of the molecule is Cc1ccc(NC(=O)[C@@H]2[C@H]3C=C[C@]4(O3)[C@H](C(=O)NC3CCCCC3)N(Cc3ccc(Cl)cc3)C(=O)[C@@H]24)cc1Cl. The molecule has 3 amide bonds. The number of nitrogens with zero attached hydrogens (tertiary/aromatic N) is 1. The van der Waals surface area contributed by atoms with Gasteiger partial charge >= 0.3 is 0 Å². The minimum absolute atomic E-state index is 0.0714. The molecule has 1 spiro atoms. The van der Waals surface area contributed by atoms with Gasteiger partial charge < -0.3 is 20.3 Å². The van der Waals surface area contributed by atoms with Gasteiger partial charge in [-0.25, -0.2) is 0 Å². The predicted molar refractivity (Wildman–Crippen MR) is 149 cm³/mol. The van der Waals surface area contributed by atoms with Crippen molar-refractivity contribution in [2.75, 3.05) is 5.32 Å². The molecule has 3 fully saturated rings. The Kier molecular flexibility index (Phi) is 6.94. The predicted octanol–water partition coefficient (Wildman–Crippen LogP) is 5.04. The highest BCUT2D eigenvalue weighted by molar-refractivity contribution is 6.31. The van der Waals surface area contributed by atoms with Gasteiger partial charge in [0, 0.05) is 28.3 Å². The van der Waals surface area contributed by atoms with Crippen molar-refractivity contribution in [1.82, 2.24) is 10.2 Å². The lowest BCUT2D eigenvalue weighted by Crippen LogP contribution is -2.56. The number of benzene rings is 2. The highest BCUT2D eigenvalue weighted by atomic mass is 35.5. The molecular formula is C30H31Cl2N3O4. The third kappa shape index (κ3) is 4.64. The fourth-order valence-electron chi connectivity index (χ4n) is 6.65. The minimum Gasteiger partial charge on any atom is -0.359 e. The van der Waals surface area contributed by atoms with E-state index in [1.54, 1.807) is 29.2 Å². The fraction of sp³-hybridized carbons (Fsp3) is 0.433. The van der Waals surface area contributed by atoms with E-state index in [0.717, 1.165) is 36.8 Å². The molecule has 2 N–H and O–H groups in total. The summed E-state index contributed by atoms with van der Waals surface area (Å²) in [5.41, 5.74) is 1.08. The van der Waals surface area contributed by atoms with Crippen LogP contribution in [0.25, 0.3) is 0 Å². The van der Waals surface area contributed by atoms with E-state index in [2.05, 4.69) is 10.6 Å². The van der Waals surface area contributed by atoms with Crippen LogP contribution in [0.5, 0.6) is 0 Å². The Balaban J connectivity index is 1.32. The maximum Gasteiger partial charge on any atom is 0.246 e. The Morgan fingerprint density at radius 1 is 1.05 bits per heavy atom. The molecule has 39 heavy (non-hydrogen) atoms. The number of nitrogens with one attached hydrogen (secondary N) is 2. The van der Waals surface area contributed by atoms with Crippen LogP contribution >= 0.6 is 23.2 Å². The number of carbonyl (C=O) groups is 3. The molecule has 6 rings (SSSR count). The van der Waals surface area contributed by atoms with Crippen LogP contribution in [0.4, 0.5) is 5.69 Å². The van der Waals surface area contributed by atoms with Crippen LogP contribution < -0.4 is 10.6 Å². The third-order valence-electron chi connectivity index (χ3n) is 8.58. The topological polar surface area (TPSA) is 87.7 Å². The number of anilines is 1. The zero-order valence-corrected chi connectivity index (χ0v) is 23.2. The molecule has 3 heterocycles. The molecule has 9 heteroatoms. The number of carbonyl (C=O) groups excluding carboxylic acids is 3. The molecule has 7 nitrogen and oxygen atoms in total. The number of ether oxygens (including phenoxy) is 1. The van der Waals surface area contributed by atoms with Gasteiger partial charge in [0.1, 0.15) is 11.6 Å². The first kappa shape index (κ1) is 26.4. The standard InChI is InChI=1S/C30H31Cl2N3O4/c1-17-7-12-21(15-22(17)32)34-27(36)24-23-13-14-30(39-23)25(24)29(38)35(16-18-8-10-19(31)11-9-18)26(30)28(37)33-20-5-3-2-4-6-20/h7-15,20,23-26H,2-6,16H2,1H3,(H,33,37)(H,34,36)/t23-,24-,25-,26+,30-/m1/s1. The molecule has 2 bridgehead atoms. The van der Waals surface area contributed by atoms with Gasteiger partial charge in [-0.3, -0.25) is 14.4 Å². The van der Waals surface area contributed by atoms with E-state index in [4.69, 9.17) is 27.9 Å². The van der Waals surface area contributed by atoms with Crippen molar-refractivity contribution < 1.29 is 19.1 Å². The Labute approximate surface area is 237 Å². The lowest BCUT2D eigenvalue weighted by molar-refractivity contribution is -0.142. The van der Waals surface area contributed by atoms with E-state index in [-0.39, 0.29) is 30.3 Å². The van der Waals surface area contributed by atoms with Gasteiger partial charge in [-0.05, 0) is 55.2 Å². The summed E-state index contributed by atoms with van der Waals surface area (Å²) in [5.74, 6) is -2.42. The molecule has 2 aromatic carbocycles. The number of hydrogen-bond acceptors (Lipinski definition) is 4. The van der Waals surface area contributed by atoms with Crippen molar-refractivity contribution in [3.05, 3.63) is 75.8 Å². The van der Waals surface area contributed by atoms with E-state index >= 15 is 0 Å². The van der Waals surface area contributed by atoms with Crippen molar-refractivity contribution in [1.29, 1.82) is 0 Å². The summed E-state index contributed by atoms with van der Waals surface area (Å²) < 4.78 is 6.44. The van der Waals surface area contributed by atoms with E-state index in [1.807, 2.05) is 37.3 Å². The maximum absolute atomic E-state index is 14.1. The number of fused-ring (bicyclic) bond motifs is 1. The Morgan fingerprint density at radius 2 is 1.79 bits per heavy atom. The molecule has 3 aliphatic heterocycles. The second kappa shape index (κ2) is 10.3. The molecule has 2 saturated heterocycles. The van der Waals surface area contributed by atoms with Crippen LogP contribution in [-0.4, -0.2) is 46.4 Å². The van der Waals surface area contributed by atoms with Gasteiger partial charge in [-0.15, -0.1) is 0 Å². The lowest BCUT2D eigenvalue weighted by Gasteiger charge is -2.34. The summed E-state index contributed by atoms with van der Waals surface area (Å²) >= 11 is 12.4. The quantitative estimate of drug-likeness (QED) is 0.478. The molecule has 1 saturated carbocycles. The molecule has 204 valence electrons. The van der Waals surface area contributed by atoms with Crippen LogP contribution in [-0.2, 0) is 25.7 Å². The second-order valence-corrected chi connectivity index (χ2v) is 11.9. The van der Waals surface area contributed by atoms with Crippen LogP contribution in [0.1, 0.15) is 43.2 Å². The molecule has 0 unspecified atom stereocenters. The smallest absolute Gasteiger partial charge is 0.246 e. The van der Waals surface area contributed by atoms with Gasteiger partial charge in [0.25, 0.3) is 0 Å². The summed E-state index contributed by atoms with van der Waals surface area (Å²) in [5, 5.41) is 7.26. The maximum atomic E-state index is 14.1. The molecule has 0 aromatic heterocycles. The summed E-state index contributed by atoms with van der Waals surface area (Å²) in [6.45, 7) is 2.10. The Bertz CT molecular complexity index is 1340. The van der Waals surface area contributed by atoms with E-state index in [9.17, 15) is 14.4 Å². The highest BCUT2D eigenvalue weighted by Gasteiger charge is 2.72. The summed E-state index contributed by atoms with van der Waals surface area (Å²) in [7, 11) is 0. The molecule has 4 aliphatic rings. The zero-order valence-electron chi connectivity index (χ0n) is 21.7. The normalized spacial score (nSPS) is 29.5. The van der Waals surface area contributed by atoms with Crippen LogP contribution in [0.2, 0.25) is 10.0 Å². The van der Waals surface area contributed by atoms with Gasteiger partial charge in [-0.1, -0.05) is 72.8 Å². The van der Waals surface area contributed by atoms with Crippen molar-refractivity contribution in [2.24, 2.45) is 11.8 Å². The number of halogens is 2. The average molecular weight is 569 g/mol. The fourth-order valence-corrected chi connectivity index (χ4v) is 6.95. The molecule has 1 aliphatic carbocycles. The van der Waals surface area contributed by atoms with Crippen molar-refractivity contribution in [3.63, 3.8) is 0 Å². The average Bonchev–Trinajstić information content (AvgIpc) is 3.56. The number of hydrogen-bond donors (Lipinski definition) is 2. The number of aryl methyl sites for hydroxylation is 1. The number of amides is 3. The second-order valence-electron chi connectivity index (χ2n) is 11.1. The van der Waals surface area contributed by atoms with Crippen LogP contribution in [0.3, 0.4) is 0 Å². The van der Waals surface area contributed by atoms with Gasteiger partial charge in [0.15, 0.2) is 0 Å². The first-order chi connectivity index (χ1) is 18.8.